The highest BCUT2D eigenvalue weighted by Crippen LogP contribution is 2.18. The Morgan fingerprint density at radius 1 is 1.12 bits per heavy atom. The number of rotatable bonds is 9. The van der Waals surface area contributed by atoms with Crippen molar-refractivity contribution in [2.24, 2.45) is 0 Å². The van der Waals surface area contributed by atoms with E-state index >= 15 is 0 Å². The number of carbonyl (C=O) groups is 1. The smallest absolute Gasteiger partial charge is 0.303 e. The molecule has 0 radical (unpaired) electrons. The van der Waals surface area contributed by atoms with E-state index in [9.17, 15) is 9.90 Å². The van der Waals surface area contributed by atoms with Crippen LogP contribution in [0.25, 0.3) is 0 Å². The van der Waals surface area contributed by atoms with Gasteiger partial charge in [0.2, 0.25) is 0 Å². The molecule has 2 atom stereocenters. The summed E-state index contributed by atoms with van der Waals surface area (Å²) >= 11 is 0. The van der Waals surface area contributed by atoms with Gasteiger partial charge in [-0.05, 0) is 38.6 Å². The van der Waals surface area contributed by atoms with Crippen LogP contribution in [0.4, 0.5) is 0 Å². The molecule has 4 nitrogen and oxygen atoms in total. The van der Waals surface area contributed by atoms with Gasteiger partial charge in [-0.2, -0.15) is 0 Å². The van der Waals surface area contributed by atoms with Crippen LogP contribution in [-0.4, -0.2) is 34.9 Å². The number of unbranched alkanes of at least 4 members (excludes halogenated alkanes) is 4. The average Bonchev–Trinajstić information content (AvgIpc) is 2.68. The number of carboxylic acid groups (broad SMARTS) is 1. The number of nitrogens with one attached hydrogen (secondary N) is 1. The molecule has 1 fully saturated rings. The van der Waals surface area contributed by atoms with Gasteiger partial charge in [0.25, 0.3) is 0 Å². The molecule has 1 aliphatic rings. The molecule has 0 aliphatic heterocycles. The maximum Gasteiger partial charge on any atom is 0.303 e. The molecule has 3 N–H and O–H groups in total. The molecular weight excluding hydrogens is 218 g/mol. The molecular formula is C13H25NO3. The Kier molecular flexibility index (Phi) is 7.21. The molecule has 0 heterocycles. The van der Waals surface area contributed by atoms with Crippen LogP contribution >= 0.6 is 0 Å². The Bertz CT molecular complexity index is 221. The Balaban J connectivity index is 1.83. The quantitative estimate of drug-likeness (QED) is 0.541. The van der Waals surface area contributed by atoms with Crippen molar-refractivity contribution in [1.82, 2.24) is 5.32 Å². The summed E-state index contributed by atoms with van der Waals surface area (Å²) in [5, 5.41) is 21.5. The molecule has 1 saturated carbocycles. The Labute approximate surface area is 103 Å². The van der Waals surface area contributed by atoms with E-state index in [0.29, 0.717) is 12.5 Å². The van der Waals surface area contributed by atoms with Gasteiger partial charge in [-0.1, -0.05) is 19.3 Å². The van der Waals surface area contributed by atoms with Crippen molar-refractivity contribution in [3.63, 3.8) is 0 Å². The highest BCUT2D eigenvalue weighted by Gasteiger charge is 2.23. The van der Waals surface area contributed by atoms with Crippen molar-refractivity contribution < 1.29 is 15.0 Å². The first kappa shape index (κ1) is 14.5. The SMILES string of the molecule is O=C(O)CCCCCCCNC1CCCC1O. The van der Waals surface area contributed by atoms with Crippen LogP contribution in [0.3, 0.4) is 0 Å². The Morgan fingerprint density at radius 2 is 1.82 bits per heavy atom. The fraction of sp³-hybridized carbons (Fsp3) is 0.923. The topological polar surface area (TPSA) is 69.6 Å². The number of aliphatic carboxylic acids is 1. The highest BCUT2D eigenvalue weighted by molar-refractivity contribution is 5.66. The van der Waals surface area contributed by atoms with Crippen molar-refractivity contribution in [1.29, 1.82) is 0 Å². The van der Waals surface area contributed by atoms with Crippen molar-refractivity contribution >= 4 is 5.97 Å². The third-order valence-corrected chi connectivity index (χ3v) is 3.45. The van der Waals surface area contributed by atoms with Gasteiger partial charge in [0.15, 0.2) is 0 Å². The predicted molar refractivity (Wildman–Crippen MR) is 67.0 cm³/mol. The standard InChI is InChI=1S/C13H25NO3/c15-12-8-6-7-11(12)14-10-5-3-1-2-4-9-13(16)17/h11-12,14-15H,1-10H2,(H,16,17). The molecule has 1 rings (SSSR count). The summed E-state index contributed by atoms with van der Waals surface area (Å²) in [5.41, 5.74) is 0. The lowest BCUT2D eigenvalue weighted by Crippen LogP contribution is -2.36. The molecule has 0 spiro atoms. The average molecular weight is 243 g/mol. The number of aliphatic hydroxyl groups excluding tert-OH is 1. The highest BCUT2D eigenvalue weighted by atomic mass is 16.4. The van der Waals surface area contributed by atoms with Crippen LogP contribution in [0.15, 0.2) is 0 Å². The largest absolute Gasteiger partial charge is 0.481 e. The second-order valence-corrected chi connectivity index (χ2v) is 4.97. The van der Waals surface area contributed by atoms with Crippen molar-refractivity contribution in [3.05, 3.63) is 0 Å². The normalized spacial score (nSPS) is 24.1. The van der Waals surface area contributed by atoms with Crippen molar-refractivity contribution in [3.8, 4) is 0 Å². The van der Waals surface area contributed by atoms with Gasteiger partial charge in [-0.25, -0.2) is 0 Å². The van der Waals surface area contributed by atoms with E-state index in [0.717, 1.165) is 57.9 Å². The molecule has 100 valence electrons. The van der Waals surface area contributed by atoms with Crippen LogP contribution in [0.1, 0.15) is 57.8 Å². The molecule has 0 aromatic rings. The minimum atomic E-state index is -0.693. The van der Waals surface area contributed by atoms with Gasteiger partial charge in [0.1, 0.15) is 0 Å². The second-order valence-electron chi connectivity index (χ2n) is 4.97. The van der Waals surface area contributed by atoms with Crippen LogP contribution in [0, 0.1) is 0 Å². The fourth-order valence-electron chi connectivity index (χ4n) is 2.40. The Hall–Kier alpha value is -0.610. The molecule has 0 aromatic carbocycles. The van der Waals surface area contributed by atoms with Crippen LogP contribution in [0.5, 0.6) is 0 Å². The molecule has 1 aliphatic carbocycles. The van der Waals surface area contributed by atoms with Gasteiger partial charge in [0, 0.05) is 12.5 Å². The molecule has 0 bridgehead atoms. The molecule has 4 heteroatoms. The maximum absolute atomic E-state index is 10.3. The van der Waals surface area contributed by atoms with E-state index in [2.05, 4.69) is 5.32 Å². The van der Waals surface area contributed by atoms with Crippen LogP contribution in [0.2, 0.25) is 0 Å². The number of carboxylic acids is 1. The molecule has 17 heavy (non-hydrogen) atoms. The third-order valence-electron chi connectivity index (χ3n) is 3.45. The summed E-state index contributed by atoms with van der Waals surface area (Å²) in [5.74, 6) is -0.693. The molecule has 0 aromatic heterocycles. The molecule has 0 saturated heterocycles. The monoisotopic (exact) mass is 243 g/mol. The lowest BCUT2D eigenvalue weighted by atomic mass is 10.1. The zero-order valence-electron chi connectivity index (χ0n) is 10.5. The Morgan fingerprint density at radius 3 is 2.47 bits per heavy atom. The lowest BCUT2D eigenvalue weighted by Gasteiger charge is -2.16. The summed E-state index contributed by atoms with van der Waals surface area (Å²) in [7, 11) is 0. The van der Waals surface area contributed by atoms with Gasteiger partial charge < -0.3 is 15.5 Å². The summed E-state index contributed by atoms with van der Waals surface area (Å²) in [6, 6.07) is 0.307. The first-order chi connectivity index (χ1) is 8.20. The summed E-state index contributed by atoms with van der Waals surface area (Å²) < 4.78 is 0. The second kappa shape index (κ2) is 8.48. The van der Waals surface area contributed by atoms with Crippen LogP contribution < -0.4 is 5.32 Å². The summed E-state index contributed by atoms with van der Waals surface area (Å²) in [6.45, 7) is 0.973. The molecule has 2 unspecified atom stereocenters. The summed E-state index contributed by atoms with van der Waals surface area (Å²) in [4.78, 5) is 10.3. The van der Waals surface area contributed by atoms with Gasteiger partial charge in [0.05, 0.1) is 6.10 Å². The van der Waals surface area contributed by atoms with E-state index in [1.807, 2.05) is 0 Å². The van der Waals surface area contributed by atoms with Gasteiger partial charge >= 0.3 is 5.97 Å². The fourth-order valence-corrected chi connectivity index (χ4v) is 2.40. The van der Waals surface area contributed by atoms with E-state index in [1.54, 1.807) is 0 Å². The van der Waals surface area contributed by atoms with E-state index in [1.165, 1.54) is 0 Å². The number of aliphatic hydroxyl groups is 1. The number of hydrogen-bond acceptors (Lipinski definition) is 3. The summed E-state index contributed by atoms with van der Waals surface area (Å²) in [6.07, 6.45) is 8.51. The first-order valence-electron chi connectivity index (χ1n) is 6.83. The first-order valence-corrected chi connectivity index (χ1v) is 6.83. The maximum atomic E-state index is 10.3. The van der Waals surface area contributed by atoms with Crippen molar-refractivity contribution in [2.75, 3.05) is 6.54 Å². The third kappa shape index (κ3) is 6.64. The molecule has 0 amide bonds. The van der Waals surface area contributed by atoms with Crippen LogP contribution in [-0.2, 0) is 4.79 Å². The zero-order chi connectivity index (χ0) is 12.5. The predicted octanol–water partition coefficient (Wildman–Crippen LogP) is 1.91. The minimum Gasteiger partial charge on any atom is -0.481 e. The van der Waals surface area contributed by atoms with E-state index < -0.39 is 5.97 Å². The van der Waals surface area contributed by atoms with Gasteiger partial charge in [-0.15, -0.1) is 0 Å². The van der Waals surface area contributed by atoms with E-state index in [4.69, 9.17) is 5.11 Å². The van der Waals surface area contributed by atoms with Gasteiger partial charge in [-0.3, -0.25) is 4.79 Å². The van der Waals surface area contributed by atoms with Crippen molar-refractivity contribution in [2.45, 2.75) is 69.9 Å². The number of hydrogen-bond donors (Lipinski definition) is 3. The van der Waals surface area contributed by atoms with E-state index in [-0.39, 0.29) is 6.10 Å². The lowest BCUT2D eigenvalue weighted by molar-refractivity contribution is -0.137. The minimum absolute atomic E-state index is 0.148. The zero-order valence-corrected chi connectivity index (χ0v) is 10.5.